The first-order valence-electron chi connectivity index (χ1n) is 6.51. The number of aliphatic hydroxyl groups is 1. The zero-order valence-electron chi connectivity index (χ0n) is 11.7. The maximum absolute atomic E-state index is 11.8. The Hall–Kier alpha value is -2.81. The molecule has 0 fully saturated rings. The molecule has 106 valence electrons. The van der Waals surface area contributed by atoms with Crippen LogP contribution in [0.15, 0.2) is 66.7 Å². The van der Waals surface area contributed by atoms with Crippen molar-refractivity contribution in [3.63, 3.8) is 0 Å². The molecule has 0 atom stereocenters. The van der Waals surface area contributed by atoms with Crippen LogP contribution in [-0.2, 0) is 4.79 Å². The second-order valence-electron chi connectivity index (χ2n) is 4.40. The van der Waals surface area contributed by atoms with E-state index in [1.807, 2.05) is 30.3 Å². The summed E-state index contributed by atoms with van der Waals surface area (Å²) < 4.78 is 5.06. The Morgan fingerprint density at radius 1 is 1.05 bits per heavy atom. The number of ether oxygens (including phenoxy) is 1. The Bertz CT molecular complexity index is 653. The molecule has 0 saturated carbocycles. The van der Waals surface area contributed by atoms with E-state index in [2.05, 4.69) is 0 Å². The molecule has 0 aliphatic heterocycles. The van der Waals surface area contributed by atoms with Crippen LogP contribution in [0.2, 0.25) is 0 Å². The molecule has 3 heteroatoms. The van der Waals surface area contributed by atoms with Crippen LogP contribution in [0.1, 0.15) is 11.1 Å². The average molecular weight is 280 g/mol. The highest BCUT2D eigenvalue weighted by atomic mass is 16.5. The van der Waals surface area contributed by atoms with Crippen molar-refractivity contribution in [2.45, 2.75) is 0 Å². The summed E-state index contributed by atoms with van der Waals surface area (Å²) in [5.41, 5.74) is 1.50. The van der Waals surface area contributed by atoms with Gasteiger partial charge in [0.1, 0.15) is 11.5 Å². The van der Waals surface area contributed by atoms with Gasteiger partial charge in [-0.1, -0.05) is 48.5 Å². The normalized spacial score (nSPS) is 11.6. The third kappa shape index (κ3) is 4.35. The second kappa shape index (κ2) is 7.10. The van der Waals surface area contributed by atoms with Crippen LogP contribution in [0.5, 0.6) is 5.75 Å². The minimum Gasteiger partial charge on any atom is -0.507 e. The zero-order valence-corrected chi connectivity index (χ0v) is 11.7. The number of rotatable bonds is 5. The van der Waals surface area contributed by atoms with Gasteiger partial charge in [-0.25, -0.2) is 0 Å². The molecule has 0 aromatic heterocycles. The summed E-state index contributed by atoms with van der Waals surface area (Å²) in [6.45, 7) is 0. The van der Waals surface area contributed by atoms with Crippen molar-refractivity contribution in [3.8, 4) is 5.75 Å². The predicted molar refractivity (Wildman–Crippen MR) is 84.1 cm³/mol. The molecule has 2 rings (SSSR count). The van der Waals surface area contributed by atoms with Crippen LogP contribution in [-0.4, -0.2) is 18.0 Å². The van der Waals surface area contributed by atoms with E-state index in [1.54, 1.807) is 37.5 Å². The quantitative estimate of drug-likeness (QED) is 0.668. The number of benzene rings is 2. The lowest BCUT2D eigenvalue weighted by Gasteiger charge is -1.99. The summed E-state index contributed by atoms with van der Waals surface area (Å²) >= 11 is 0. The van der Waals surface area contributed by atoms with Crippen molar-refractivity contribution in [3.05, 3.63) is 77.9 Å². The third-order valence-electron chi connectivity index (χ3n) is 2.90. The fraction of sp³-hybridized carbons (Fsp3) is 0.0556. The van der Waals surface area contributed by atoms with Gasteiger partial charge in [-0.3, -0.25) is 4.79 Å². The molecule has 2 aromatic carbocycles. The number of carbonyl (C=O) groups is 1. The number of methoxy groups -OCH3 is 1. The molecule has 21 heavy (non-hydrogen) atoms. The second-order valence-corrected chi connectivity index (χ2v) is 4.40. The fourth-order valence-electron chi connectivity index (χ4n) is 1.77. The molecule has 1 N–H and O–H groups in total. The maximum atomic E-state index is 11.8. The van der Waals surface area contributed by atoms with E-state index in [0.717, 1.165) is 11.3 Å². The van der Waals surface area contributed by atoms with Gasteiger partial charge in [-0.05, 0) is 23.8 Å². The number of hydrogen-bond acceptors (Lipinski definition) is 3. The van der Waals surface area contributed by atoms with Crippen molar-refractivity contribution in [2.75, 3.05) is 7.11 Å². The van der Waals surface area contributed by atoms with Crippen molar-refractivity contribution in [1.82, 2.24) is 0 Å². The monoisotopic (exact) mass is 280 g/mol. The van der Waals surface area contributed by atoms with Gasteiger partial charge in [0, 0.05) is 11.6 Å². The molecule has 0 aliphatic rings. The molecule has 0 bridgehead atoms. The lowest BCUT2D eigenvalue weighted by atomic mass is 10.1. The molecule has 0 spiro atoms. The molecule has 2 aromatic rings. The Labute approximate surface area is 123 Å². The summed E-state index contributed by atoms with van der Waals surface area (Å²) in [4.78, 5) is 11.8. The third-order valence-corrected chi connectivity index (χ3v) is 2.90. The summed E-state index contributed by atoms with van der Waals surface area (Å²) in [6, 6.07) is 16.3. The van der Waals surface area contributed by atoms with E-state index < -0.39 is 0 Å². The van der Waals surface area contributed by atoms with E-state index in [-0.39, 0.29) is 11.5 Å². The van der Waals surface area contributed by atoms with Gasteiger partial charge in [0.25, 0.3) is 0 Å². The van der Waals surface area contributed by atoms with Crippen LogP contribution >= 0.6 is 0 Å². The van der Waals surface area contributed by atoms with E-state index in [4.69, 9.17) is 4.74 Å². The Morgan fingerprint density at radius 2 is 1.71 bits per heavy atom. The fourth-order valence-corrected chi connectivity index (χ4v) is 1.77. The van der Waals surface area contributed by atoms with Gasteiger partial charge in [-0.2, -0.15) is 0 Å². The lowest BCUT2D eigenvalue weighted by Crippen LogP contribution is -1.90. The van der Waals surface area contributed by atoms with Crippen molar-refractivity contribution < 1.29 is 14.6 Å². The summed E-state index contributed by atoms with van der Waals surface area (Å²) in [5.74, 6) is 0.451. The molecular weight excluding hydrogens is 264 g/mol. The Morgan fingerprint density at radius 3 is 2.33 bits per heavy atom. The molecule has 0 amide bonds. The van der Waals surface area contributed by atoms with E-state index >= 15 is 0 Å². The first kappa shape index (κ1) is 14.6. The maximum Gasteiger partial charge on any atom is 0.182 e. The smallest absolute Gasteiger partial charge is 0.182 e. The highest BCUT2D eigenvalue weighted by Crippen LogP contribution is 2.13. The zero-order chi connectivity index (χ0) is 15.1. The standard InChI is InChI=1S/C18H16O3/c1-21-17-11-8-14(9-12-17)7-10-16(19)13-18(20)15-5-3-2-4-6-15/h2-13,20H,1H3/b10-7+,18-13?. The lowest BCUT2D eigenvalue weighted by molar-refractivity contribution is -0.110. The Kier molecular flexibility index (Phi) is 4.94. The topological polar surface area (TPSA) is 46.5 Å². The van der Waals surface area contributed by atoms with Crippen molar-refractivity contribution in [2.24, 2.45) is 0 Å². The van der Waals surface area contributed by atoms with Crippen molar-refractivity contribution in [1.29, 1.82) is 0 Å². The highest BCUT2D eigenvalue weighted by molar-refractivity contribution is 6.05. The SMILES string of the molecule is COc1ccc(/C=C/C(=O)C=C(O)c2ccccc2)cc1. The van der Waals surface area contributed by atoms with Crippen LogP contribution in [0, 0.1) is 0 Å². The number of ketones is 1. The average Bonchev–Trinajstić information content (AvgIpc) is 2.54. The first-order chi connectivity index (χ1) is 10.2. The van der Waals surface area contributed by atoms with Gasteiger partial charge in [0.2, 0.25) is 0 Å². The predicted octanol–water partition coefficient (Wildman–Crippen LogP) is 3.88. The molecule has 0 aliphatic carbocycles. The van der Waals surface area contributed by atoms with Gasteiger partial charge < -0.3 is 9.84 Å². The molecule has 3 nitrogen and oxygen atoms in total. The number of hydrogen-bond donors (Lipinski definition) is 1. The first-order valence-corrected chi connectivity index (χ1v) is 6.51. The van der Waals surface area contributed by atoms with Crippen LogP contribution in [0.3, 0.4) is 0 Å². The van der Waals surface area contributed by atoms with Gasteiger partial charge in [0.05, 0.1) is 7.11 Å². The molecule has 0 saturated heterocycles. The highest BCUT2D eigenvalue weighted by Gasteiger charge is 2.00. The molecule has 0 heterocycles. The van der Waals surface area contributed by atoms with Crippen molar-refractivity contribution >= 4 is 17.6 Å². The van der Waals surface area contributed by atoms with Gasteiger partial charge in [0.15, 0.2) is 5.78 Å². The summed E-state index contributed by atoms with van der Waals surface area (Å²) in [5, 5.41) is 9.85. The van der Waals surface area contributed by atoms with Gasteiger partial charge in [-0.15, -0.1) is 0 Å². The summed E-state index contributed by atoms with van der Waals surface area (Å²) in [7, 11) is 1.60. The Balaban J connectivity index is 2.05. The molecule has 0 unspecified atom stereocenters. The van der Waals surface area contributed by atoms with Crippen LogP contribution in [0.25, 0.3) is 11.8 Å². The molecular formula is C18H16O3. The minimum atomic E-state index is -0.271. The van der Waals surface area contributed by atoms with Gasteiger partial charge >= 0.3 is 0 Å². The molecule has 0 radical (unpaired) electrons. The van der Waals surface area contributed by atoms with E-state index in [9.17, 15) is 9.90 Å². The van der Waals surface area contributed by atoms with E-state index in [1.165, 1.54) is 12.2 Å². The van der Waals surface area contributed by atoms with Crippen LogP contribution in [0.4, 0.5) is 0 Å². The van der Waals surface area contributed by atoms with Crippen LogP contribution < -0.4 is 4.74 Å². The number of aliphatic hydroxyl groups excluding tert-OH is 1. The minimum absolute atomic E-state index is 0.0417. The summed E-state index contributed by atoms with van der Waals surface area (Å²) in [6.07, 6.45) is 4.31. The number of carbonyl (C=O) groups excluding carboxylic acids is 1. The van der Waals surface area contributed by atoms with E-state index in [0.29, 0.717) is 5.56 Å². The number of allylic oxidation sites excluding steroid dienone is 2. The largest absolute Gasteiger partial charge is 0.507 e.